The number of carboxylic acid groups (broad SMARTS) is 1. The van der Waals surface area contributed by atoms with Gasteiger partial charge in [-0.25, -0.2) is 0 Å². The number of fused-ring (bicyclic) bond motifs is 4. The Bertz CT molecular complexity index is 1000. The van der Waals surface area contributed by atoms with E-state index in [1.165, 1.54) is 16.8 Å². The number of carbonyl (C=O) groups is 2. The smallest absolute Gasteiger partial charge is 0.315 e. The van der Waals surface area contributed by atoms with Gasteiger partial charge in [0.1, 0.15) is 5.92 Å². The Kier molecular flexibility index (Phi) is 4.89. The summed E-state index contributed by atoms with van der Waals surface area (Å²) in [6.45, 7) is 5.28. The highest BCUT2D eigenvalue weighted by Crippen LogP contribution is 2.34. The highest BCUT2D eigenvalue weighted by molar-refractivity contribution is 6.20. The molecule has 0 fully saturated rings. The van der Waals surface area contributed by atoms with Crippen LogP contribution in [0.3, 0.4) is 0 Å². The molecular formula is C22H25N3O3. The molecule has 2 N–H and O–H groups in total. The van der Waals surface area contributed by atoms with Crippen LogP contribution in [-0.2, 0) is 29.6 Å². The van der Waals surface area contributed by atoms with Crippen LogP contribution in [0.25, 0.3) is 10.9 Å². The van der Waals surface area contributed by atoms with Gasteiger partial charge in [-0.1, -0.05) is 6.08 Å². The molecule has 28 heavy (non-hydrogen) atoms. The van der Waals surface area contributed by atoms with Crippen LogP contribution < -0.4 is 5.32 Å². The van der Waals surface area contributed by atoms with Crippen molar-refractivity contribution in [3.63, 3.8) is 0 Å². The van der Waals surface area contributed by atoms with E-state index in [4.69, 9.17) is 0 Å². The molecular weight excluding hydrogens is 354 g/mol. The summed E-state index contributed by atoms with van der Waals surface area (Å²) in [7, 11) is 2.07. The van der Waals surface area contributed by atoms with E-state index in [9.17, 15) is 14.7 Å². The van der Waals surface area contributed by atoms with Gasteiger partial charge < -0.3 is 15.0 Å². The van der Waals surface area contributed by atoms with Crippen LogP contribution in [0.4, 0.5) is 0 Å². The summed E-state index contributed by atoms with van der Waals surface area (Å²) in [6.07, 6.45) is 4.25. The van der Waals surface area contributed by atoms with Crippen molar-refractivity contribution in [2.45, 2.75) is 25.8 Å². The molecule has 6 nitrogen and oxygen atoms in total. The maximum Gasteiger partial charge on any atom is 0.315 e. The largest absolute Gasteiger partial charge is 0.481 e. The Morgan fingerprint density at radius 3 is 3.00 bits per heavy atom. The van der Waals surface area contributed by atoms with Crippen molar-refractivity contribution in [3.05, 3.63) is 47.7 Å². The topological polar surface area (TPSA) is 83.7 Å². The second-order valence-corrected chi connectivity index (χ2v) is 7.65. The van der Waals surface area contributed by atoms with Crippen LogP contribution in [-0.4, -0.2) is 40.2 Å². The van der Waals surface area contributed by atoms with Crippen molar-refractivity contribution in [3.8, 4) is 0 Å². The molecule has 0 radical (unpaired) electrons. The summed E-state index contributed by atoms with van der Waals surface area (Å²) in [5.74, 6) is -2.65. The Morgan fingerprint density at radius 1 is 1.43 bits per heavy atom. The van der Waals surface area contributed by atoms with Crippen molar-refractivity contribution in [1.29, 1.82) is 0 Å². The first kappa shape index (κ1) is 18.6. The summed E-state index contributed by atoms with van der Waals surface area (Å²) in [5, 5.41) is 13.8. The van der Waals surface area contributed by atoms with E-state index in [1.54, 1.807) is 0 Å². The second kappa shape index (κ2) is 7.36. The number of benzene rings is 1. The summed E-state index contributed by atoms with van der Waals surface area (Å²) < 4.78 is 2.20. The molecule has 2 aliphatic rings. The van der Waals surface area contributed by atoms with Crippen molar-refractivity contribution in [1.82, 2.24) is 9.88 Å². The fourth-order valence-corrected chi connectivity index (χ4v) is 4.42. The second-order valence-electron chi connectivity index (χ2n) is 7.65. The lowest BCUT2D eigenvalue weighted by Crippen LogP contribution is -2.40. The van der Waals surface area contributed by atoms with Gasteiger partial charge in [-0.15, -0.1) is 6.58 Å². The number of hydrogen-bond acceptors (Lipinski definition) is 4. The standard InChI is InChI=1S/C22H25N3O3/c1-3-7-23-11-15-8-14-9-17-13(10-19(14)25(15)2)5-4-6-16-20(17)24-12-18(21(16)26)22(27)28/h3,8-10,16,18,23H,1,4-7,11-12H2,2H3,(H,27,28). The third kappa shape index (κ3) is 3.07. The van der Waals surface area contributed by atoms with Crippen LogP contribution in [0, 0.1) is 11.8 Å². The molecule has 1 aromatic heterocycles. The number of nitrogens with one attached hydrogen (secondary N) is 1. The van der Waals surface area contributed by atoms with E-state index in [2.05, 4.69) is 46.7 Å². The first-order chi connectivity index (χ1) is 13.5. The molecule has 1 aromatic carbocycles. The van der Waals surface area contributed by atoms with Crippen molar-refractivity contribution >= 4 is 28.4 Å². The van der Waals surface area contributed by atoms with Gasteiger partial charge in [-0.3, -0.25) is 14.6 Å². The van der Waals surface area contributed by atoms with E-state index >= 15 is 0 Å². The molecule has 146 valence electrons. The molecule has 2 aromatic rings. The number of aromatic nitrogens is 1. The zero-order valence-electron chi connectivity index (χ0n) is 16.1. The molecule has 2 unspecified atom stereocenters. The minimum absolute atomic E-state index is 0.0446. The van der Waals surface area contributed by atoms with Gasteiger partial charge in [-0.05, 0) is 43.0 Å². The van der Waals surface area contributed by atoms with Crippen molar-refractivity contribution in [2.24, 2.45) is 23.9 Å². The van der Waals surface area contributed by atoms with Gasteiger partial charge in [0.15, 0.2) is 5.78 Å². The third-order valence-corrected chi connectivity index (χ3v) is 5.94. The number of aliphatic imine (C=N–C) groups is 1. The lowest BCUT2D eigenvalue weighted by atomic mass is 9.82. The normalized spacial score (nSPS) is 21.6. The molecule has 0 saturated carbocycles. The van der Waals surface area contributed by atoms with Gasteiger partial charge in [-0.2, -0.15) is 0 Å². The number of carboxylic acids is 1. The summed E-state index contributed by atoms with van der Waals surface area (Å²) in [6, 6.07) is 6.50. The van der Waals surface area contributed by atoms with Crippen molar-refractivity contribution in [2.75, 3.05) is 13.1 Å². The zero-order valence-corrected chi connectivity index (χ0v) is 16.1. The number of hydrogen-bond donors (Lipinski definition) is 2. The van der Waals surface area contributed by atoms with Crippen LogP contribution >= 0.6 is 0 Å². The van der Waals surface area contributed by atoms with E-state index < -0.39 is 17.8 Å². The molecule has 6 heteroatoms. The molecule has 2 heterocycles. The van der Waals surface area contributed by atoms with Gasteiger partial charge in [0.25, 0.3) is 0 Å². The lowest BCUT2D eigenvalue weighted by molar-refractivity contribution is -0.146. The third-order valence-electron chi connectivity index (χ3n) is 5.94. The van der Waals surface area contributed by atoms with Crippen LogP contribution in [0.15, 0.2) is 35.8 Å². The fourth-order valence-electron chi connectivity index (χ4n) is 4.42. The van der Waals surface area contributed by atoms with Gasteiger partial charge in [0, 0.05) is 42.3 Å². The molecule has 1 aliphatic heterocycles. The van der Waals surface area contributed by atoms with E-state index in [0.717, 1.165) is 42.6 Å². The Labute approximate surface area is 164 Å². The van der Waals surface area contributed by atoms with Gasteiger partial charge in [0.2, 0.25) is 0 Å². The lowest BCUT2D eigenvalue weighted by Gasteiger charge is -2.25. The number of ketones is 1. The van der Waals surface area contributed by atoms with Crippen LogP contribution in [0.2, 0.25) is 0 Å². The first-order valence-electron chi connectivity index (χ1n) is 9.75. The maximum atomic E-state index is 12.8. The van der Waals surface area contributed by atoms with Crippen molar-refractivity contribution < 1.29 is 14.7 Å². The minimum atomic E-state index is -1.06. The Hall–Kier alpha value is -2.73. The van der Waals surface area contributed by atoms with Gasteiger partial charge in [0.05, 0.1) is 18.2 Å². The monoisotopic (exact) mass is 379 g/mol. The molecule has 1 aliphatic carbocycles. The highest BCUT2D eigenvalue weighted by Gasteiger charge is 2.40. The Morgan fingerprint density at radius 2 is 2.25 bits per heavy atom. The number of Topliss-reactive ketones (excluding diaryl/α,β-unsaturated/α-hetero) is 1. The quantitative estimate of drug-likeness (QED) is 0.475. The average Bonchev–Trinajstić information content (AvgIpc) is 2.85. The van der Waals surface area contributed by atoms with Crippen LogP contribution in [0.5, 0.6) is 0 Å². The number of nitrogens with zero attached hydrogens (tertiary/aromatic N) is 2. The number of carbonyl (C=O) groups excluding carboxylic acids is 1. The molecule has 0 saturated heterocycles. The van der Waals surface area contributed by atoms with E-state index in [-0.39, 0.29) is 12.3 Å². The molecule has 4 rings (SSSR count). The van der Waals surface area contributed by atoms with E-state index in [1.807, 2.05) is 6.08 Å². The molecule has 0 bridgehead atoms. The zero-order chi connectivity index (χ0) is 19.8. The van der Waals surface area contributed by atoms with Gasteiger partial charge >= 0.3 is 5.97 Å². The minimum Gasteiger partial charge on any atom is -0.481 e. The summed E-state index contributed by atoms with van der Waals surface area (Å²) in [4.78, 5) is 28.7. The fraction of sp³-hybridized carbons (Fsp3) is 0.409. The highest BCUT2D eigenvalue weighted by atomic mass is 16.4. The summed E-state index contributed by atoms with van der Waals surface area (Å²) in [5.41, 5.74) is 5.34. The predicted octanol–water partition coefficient (Wildman–Crippen LogP) is 2.48. The predicted molar refractivity (Wildman–Crippen MR) is 109 cm³/mol. The molecule has 2 atom stereocenters. The first-order valence-corrected chi connectivity index (χ1v) is 9.75. The maximum absolute atomic E-state index is 12.8. The van der Waals surface area contributed by atoms with Crippen LogP contribution in [0.1, 0.15) is 29.7 Å². The van der Waals surface area contributed by atoms with E-state index in [0.29, 0.717) is 6.42 Å². The number of rotatable bonds is 5. The SMILES string of the molecule is C=CCNCc1cc2cc3c(cc2n1C)CCCC1C(=O)C(C(=O)O)CN=C31. The molecule has 0 spiro atoms. The number of aliphatic carboxylic acids is 1. The average molecular weight is 379 g/mol. The summed E-state index contributed by atoms with van der Waals surface area (Å²) >= 11 is 0. The molecule has 0 amide bonds. The number of aryl methyl sites for hydroxylation is 2. The Balaban J connectivity index is 1.77.